The van der Waals surface area contributed by atoms with Crippen LogP contribution in [-0.4, -0.2) is 0 Å². The Morgan fingerprint density at radius 3 is 2.35 bits per heavy atom. The SMILES string of the molecule is Cc1c2c(cc3ccccc13)-c1ccccc1C2(C)C. The van der Waals surface area contributed by atoms with Crippen molar-refractivity contribution in [3.05, 3.63) is 71.3 Å². The molecule has 0 nitrogen and oxygen atoms in total. The van der Waals surface area contributed by atoms with Gasteiger partial charge in [-0.25, -0.2) is 0 Å². The van der Waals surface area contributed by atoms with Crippen molar-refractivity contribution in [2.45, 2.75) is 26.2 Å². The summed E-state index contributed by atoms with van der Waals surface area (Å²) in [7, 11) is 0. The number of hydrogen-bond acceptors (Lipinski definition) is 0. The number of rotatable bonds is 0. The maximum absolute atomic E-state index is 2.37. The minimum Gasteiger partial charge on any atom is -0.0619 e. The van der Waals surface area contributed by atoms with E-state index >= 15 is 0 Å². The van der Waals surface area contributed by atoms with Gasteiger partial charge in [0.15, 0.2) is 0 Å². The molecule has 98 valence electrons. The highest BCUT2D eigenvalue weighted by molar-refractivity contribution is 5.96. The van der Waals surface area contributed by atoms with Crippen LogP contribution >= 0.6 is 0 Å². The molecule has 0 heterocycles. The highest BCUT2D eigenvalue weighted by Gasteiger charge is 2.36. The van der Waals surface area contributed by atoms with Gasteiger partial charge in [0.1, 0.15) is 0 Å². The summed E-state index contributed by atoms with van der Waals surface area (Å²) in [6, 6.07) is 19.9. The van der Waals surface area contributed by atoms with Crippen LogP contribution in [0.5, 0.6) is 0 Å². The molecule has 4 rings (SSSR count). The molecule has 0 spiro atoms. The molecule has 0 aromatic heterocycles. The van der Waals surface area contributed by atoms with Gasteiger partial charge in [-0.2, -0.15) is 0 Å². The quantitative estimate of drug-likeness (QED) is 0.502. The van der Waals surface area contributed by atoms with Gasteiger partial charge >= 0.3 is 0 Å². The molecular weight excluding hydrogens is 240 g/mol. The lowest BCUT2D eigenvalue weighted by molar-refractivity contribution is 0.657. The molecule has 0 aliphatic heterocycles. The number of aryl methyl sites for hydroxylation is 1. The van der Waals surface area contributed by atoms with E-state index in [1.165, 1.54) is 38.6 Å². The molecule has 0 atom stereocenters. The van der Waals surface area contributed by atoms with Gasteiger partial charge in [-0.15, -0.1) is 0 Å². The molecule has 1 aliphatic carbocycles. The molecule has 0 N–H and O–H groups in total. The fourth-order valence-electron chi connectivity index (χ4n) is 3.94. The maximum Gasteiger partial charge on any atom is 0.0161 e. The lowest BCUT2D eigenvalue weighted by Crippen LogP contribution is -2.16. The van der Waals surface area contributed by atoms with Gasteiger partial charge < -0.3 is 0 Å². The first-order valence-corrected chi connectivity index (χ1v) is 7.23. The Kier molecular flexibility index (Phi) is 2.18. The van der Waals surface area contributed by atoms with E-state index in [-0.39, 0.29) is 5.41 Å². The van der Waals surface area contributed by atoms with E-state index in [1.807, 2.05) is 0 Å². The van der Waals surface area contributed by atoms with Crippen LogP contribution in [0.3, 0.4) is 0 Å². The van der Waals surface area contributed by atoms with Crippen molar-refractivity contribution in [2.24, 2.45) is 0 Å². The summed E-state index contributed by atoms with van der Waals surface area (Å²) in [5, 5.41) is 2.73. The molecule has 3 aromatic carbocycles. The summed E-state index contributed by atoms with van der Waals surface area (Å²) in [6.45, 7) is 6.97. The van der Waals surface area contributed by atoms with E-state index in [0.29, 0.717) is 0 Å². The highest BCUT2D eigenvalue weighted by atomic mass is 14.4. The first-order chi connectivity index (χ1) is 9.60. The summed E-state index contributed by atoms with van der Waals surface area (Å²) in [5.74, 6) is 0. The topological polar surface area (TPSA) is 0 Å². The summed E-state index contributed by atoms with van der Waals surface area (Å²) in [4.78, 5) is 0. The van der Waals surface area contributed by atoms with Crippen molar-refractivity contribution in [1.82, 2.24) is 0 Å². The van der Waals surface area contributed by atoms with Crippen LogP contribution in [-0.2, 0) is 5.41 Å². The summed E-state index contributed by atoms with van der Waals surface area (Å²) < 4.78 is 0. The maximum atomic E-state index is 2.37. The zero-order chi connectivity index (χ0) is 13.9. The lowest BCUT2D eigenvalue weighted by atomic mass is 9.79. The third-order valence-corrected chi connectivity index (χ3v) is 4.82. The number of benzene rings is 3. The van der Waals surface area contributed by atoms with Crippen LogP contribution in [0, 0.1) is 6.92 Å². The second-order valence-corrected chi connectivity index (χ2v) is 6.32. The summed E-state index contributed by atoms with van der Waals surface area (Å²) >= 11 is 0. The van der Waals surface area contributed by atoms with Gasteiger partial charge in [-0.1, -0.05) is 62.4 Å². The minimum absolute atomic E-state index is 0.0973. The highest BCUT2D eigenvalue weighted by Crippen LogP contribution is 2.51. The van der Waals surface area contributed by atoms with Crippen LogP contribution in [0.15, 0.2) is 54.6 Å². The minimum atomic E-state index is 0.0973. The molecule has 20 heavy (non-hydrogen) atoms. The predicted molar refractivity (Wildman–Crippen MR) is 86.2 cm³/mol. The number of fused-ring (bicyclic) bond motifs is 4. The molecule has 1 aliphatic rings. The van der Waals surface area contributed by atoms with E-state index in [4.69, 9.17) is 0 Å². The molecule has 0 heteroatoms. The Hall–Kier alpha value is -2.08. The molecular formula is C20H18. The zero-order valence-electron chi connectivity index (χ0n) is 12.2. The molecule has 0 bridgehead atoms. The Morgan fingerprint density at radius 1 is 0.800 bits per heavy atom. The van der Waals surface area contributed by atoms with Crippen molar-refractivity contribution >= 4 is 10.8 Å². The molecule has 0 amide bonds. The molecule has 0 fully saturated rings. The molecule has 0 saturated carbocycles. The average molecular weight is 258 g/mol. The van der Waals surface area contributed by atoms with Crippen LogP contribution < -0.4 is 0 Å². The van der Waals surface area contributed by atoms with Crippen molar-refractivity contribution in [2.75, 3.05) is 0 Å². The van der Waals surface area contributed by atoms with Crippen molar-refractivity contribution in [1.29, 1.82) is 0 Å². The first-order valence-electron chi connectivity index (χ1n) is 7.23. The smallest absolute Gasteiger partial charge is 0.0161 e. The van der Waals surface area contributed by atoms with Crippen molar-refractivity contribution in [3.63, 3.8) is 0 Å². The Balaban J connectivity index is 2.21. The van der Waals surface area contributed by atoms with E-state index in [9.17, 15) is 0 Å². The van der Waals surface area contributed by atoms with E-state index in [2.05, 4.69) is 75.4 Å². The van der Waals surface area contributed by atoms with Crippen LogP contribution in [0.1, 0.15) is 30.5 Å². The Morgan fingerprint density at radius 2 is 1.50 bits per heavy atom. The number of hydrogen-bond donors (Lipinski definition) is 0. The van der Waals surface area contributed by atoms with E-state index in [0.717, 1.165) is 0 Å². The van der Waals surface area contributed by atoms with Gasteiger partial charge in [0.05, 0.1) is 0 Å². The molecule has 0 saturated heterocycles. The second kappa shape index (κ2) is 3.73. The van der Waals surface area contributed by atoms with Crippen LogP contribution in [0.25, 0.3) is 21.9 Å². The van der Waals surface area contributed by atoms with Gasteiger partial charge in [-0.05, 0) is 51.6 Å². The zero-order valence-corrected chi connectivity index (χ0v) is 12.2. The summed E-state index contributed by atoms with van der Waals surface area (Å²) in [6.07, 6.45) is 0. The molecule has 3 aromatic rings. The Bertz CT molecular complexity index is 838. The van der Waals surface area contributed by atoms with Crippen molar-refractivity contribution in [3.8, 4) is 11.1 Å². The largest absolute Gasteiger partial charge is 0.0619 e. The Labute approximate surface area is 120 Å². The third-order valence-electron chi connectivity index (χ3n) is 4.82. The van der Waals surface area contributed by atoms with E-state index in [1.54, 1.807) is 0 Å². The lowest BCUT2D eigenvalue weighted by Gasteiger charge is -2.24. The van der Waals surface area contributed by atoms with Gasteiger partial charge in [0.25, 0.3) is 0 Å². The molecule has 0 radical (unpaired) electrons. The van der Waals surface area contributed by atoms with Gasteiger partial charge in [0.2, 0.25) is 0 Å². The van der Waals surface area contributed by atoms with E-state index < -0.39 is 0 Å². The fraction of sp³-hybridized carbons (Fsp3) is 0.200. The fourth-order valence-corrected chi connectivity index (χ4v) is 3.94. The standard InChI is InChI=1S/C20H18/c1-13-15-9-5-4-8-14(15)12-17-16-10-6-7-11-18(16)20(2,3)19(13)17/h4-12H,1-3H3. The van der Waals surface area contributed by atoms with Crippen LogP contribution in [0.2, 0.25) is 0 Å². The third kappa shape index (κ3) is 1.31. The second-order valence-electron chi connectivity index (χ2n) is 6.32. The average Bonchev–Trinajstić information content (AvgIpc) is 2.69. The predicted octanol–water partition coefficient (Wildman–Crippen LogP) is 5.45. The first kappa shape index (κ1) is 11.7. The summed E-state index contributed by atoms with van der Waals surface area (Å²) in [5.41, 5.74) is 7.30. The normalized spacial score (nSPS) is 15.2. The molecule has 0 unspecified atom stereocenters. The van der Waals surface area contributed by atoms with Gasteiger partial charge in [0, 0.05) is 5.41 Å². The van der Waals surface area contributed by atoms with Crippen LogP contribution in [0.4, 0.5) is 0 Å². The van der Waals surface area contributed by atoms with Crippen molar-refractivity contribution < 1.29 is 0 Å². The monoisotopic (exact) mass is 258 g/mol. The van der Waals surface area contributed by atoms with Gasteiger partial charge in [-0.3, -0.25) is 0 Å².